The number of amides is 2. The van der Waals surface area contributed by atoms with Crippen molar-refractivity contribution in [2.45, 2.75) is 6.54 Å². The minimum atomic E-state index is -1.04. The van der Waals surface area contributed by atoms with E-state index in [2.05, 4.69) is 15.4 Å². The molecule has 28 heavy (non-hydrogen) atoms. The molecule has 0 saturated carbocycles. The topological polar surface area (TPSA) is 150 Å². The molecule has 0 aliphatic heterocycles. The fraction of sp³-hybridized carbons (Fsp3) is 0.176. The van der Waals surface area contributed by atoms with Gasteiger partial charge in [-0.3, -0.25) is 29.1 Å². The summed E-state index contributed by atoms with van der Waals surface area (Å²) in [6, 6.07) is 6.74. The zero-order valence-corrected chi connectivity index (χ0v) is 14.9. The minimum absolute atomic E-state index is 0.239. The lowest BCUT2D eigenvalue weighted by molar-refractivity contribution is -0.386. The Bertz CT molecular complexity index is 996. The molecule has 146 valence electrons. The monoisotopic (exact) mass is 388 g/mol. The van der Waals surface area contributed by atoms with Crippen LogP contribution in [0, 0.1) is 10.1 Å². The van der Waals surface area contributed by atoms with Crippen molar-refractivity contribution in [3.63, 3.8) is 0 Å². The molecule has 0 bridgehead atoms. The molecule has 1 aromatic carbocycles. The van der Waals surface area contributed by atoms with Gasteiger partial charge in [0, 0.05) is 30.6 Å². The molecule has 0 radical (unpaired) electrons. The predicted octanol–water partition coefficient (Wildman–Crippen LogP) is 0.541. The predicted molar refractivity (Wildman–Crippen MR) is 97.2 cm³/mol. The average Bonchev–Trinajstić information content (AvgIpc) is 2.68. The molecule has 0 atom stereocenters. The highest BCUT2D eigenvalue weighted by Gasteiger charge is 2.21. The van der Waals surface area contributed by atoms with E-state index in [4.69, 9.17) is 0 Å². The number of nitrogens with one attached hydrogen (secondary N) is 2. The number of esters is 1. The van der Waals surface area contributed by atoms with Crippen molar-refractivity contribution in [1.29, 1.82) is 0 Å². The van der Waals surface area contributed by atoms with E-state index in [9.17, 15) is 29.3 Å². The van der Waals surface area contributed by atoms with Crippen LogP contribution in [-0.2, 0) is 16.1 Å². The summed E-state index contributed by atoms with van der Waals surface area (Å²) in [6.07, 6.45) is 1.01. The fourth-order valence-electron chi connectivity index (χ4n) is 2.30. The van der Waals surface area contributed by atoms with Crippen molar-refractivity contribution >= 4 is 29.2 Å². The highest BCUT2D eigenvalue weighted by molar-refractivity contribution is 5.95. The molecule has 2 amide bonds. The molecule has 0 unspecified atom stereocenters. The highest BCUT2D eigenvalue weighted by atomic mass is 16.6. The Morgan fingerprint density at radius 2 is 1.82 bits per heavy atom. The molecule has 1 aromatic heterocycles. The number of carbonyl (C=O) groups excluding carboxylic acids is 3. The molecule has 0 spiro atoms. The molecule has 11 nitrogen and oxygen atoms in total. The summed E-state index contributed by atoms with van der Waals surface area (Å²) in [5.41, 5.74) is -1.40. The van der Waals surface area contributed by atoms with Crippen molar-refractivity contribution in [3.8, 4) is 0 Å². The smallest absolute Gasteiger partial charge is 0.339 e. The van der Waals surface area contributed by atoms with Crippen LogP contribution in [0.25, 0.3) is 0 Å². The van der Waals surface area contributed by atoms with Crippen molar-refractivity contribution < 1.29 is 24.0 Å². The summed E-state index contributed by atoms with van der Waals surface area (Å²) in [6.45, 7) is -0.568. The van der Waals surface area contributed by atoms with Crippen LogP contribution in [0.3, 0.4) is 0 Å². The average molecular weight is 388 g/mol. The summed E-state index contributed by atoms with van der Waals surface area (Å²) in [7, 11) is 2.57. The summed E-state index contributed by atoms with van der Waals surface area (Å²) >= 11 is 0. The van der Waals surface area contributed by atoms with E-state index in [1.165, 1.54) is 31.3 Å². The largest absolute Gasteiger partial charge is 0.465 e. The Kier molecular flexibility index (Phi) is 6.22. The van der Waals surface area contributed by atoms with Gasteiger partial charge in [0.2, 0.25) is 5.91 Å². The maximum Gasteiger partial charge on any atom is 0.339 e. The molecule has 0 aliphatic rings. The quantitative estimate of drug-likeness (QED) is 0.416. The summed E-state index contributed by atoms with van der Waals surface area (Å²) in [5.74, 6) is -1.84. The molecule has 1 heterocycles. The number of methoxy groups -OCH3 is 1. The summed E-state index contributed by atoms with van der Waals surface area (Å²) in [4.78, 5) is 57.6. The number of benzene rings is 1. The van der Waals surface area contributed by atoms with Crippen LogP contribution in [0.1, 0.15) is 20.7 Å². The van der Waals surface area contributed by atoms with E-state index in [-0.39, 0.29) is 11.5 Å². The van der Waals surface area contributed by atoms with Gasteiger partial charge in [0.1, 0.15) is 6.54 Å². The number of nitro groups is 1. The minimum Gasteiger partial charge on any atom is -0.465 e. The van der Waals surface area contributed by atoms with Crippen molar-refractivity contribution in [3.05, 3.63) is 68.1 Å². The Balaban J connectivity index is 2.24. The van der Waals surface area contributed by atoms with Crippen LogP contribution in [0.5, 0.6) is 0 Å². The Labute approximate surface area is 158 Å². The summed E-state index contributed by atoms with van der Waals surface area (Å²) in [5, 5.41) is 16.0. The normalized spacial score (nSPS) is 10.1. The van der Waals surface area contributed by atoms with Gasteiger partial charge in [0.25, 0.3) is 5.91 Å². The van der Waals surface area contributed by atoms with Crippen LogP contribution in [-0.4, -0.2) is 41.4 Å². The van der Waals surface area contributed by atoms with E-state index in [0.717, 1.165) is 23.9 Å². The van der Waals surface area contributed by atoms with Crippen molar-refractivity contribution in [1.82, 2.24) is 9.88 Å². The van der Waals surface area contributed by atoms with Crippen molar-refractivity contribution in [2.24, 2.45) is 0 Å². The SMILES string of the molecule is CNC(=O)c1ccc(NC(=O)Cn2cc(C(=O)OC)cc([N+](=O)[O-])c2=O)cc1. The van der Waals surface area contributed by atoms with Crippen LogP contribution < -0.4 is 16.2 Å². The van der Waals surface area contributed by atoms with Crippen LogP contribution in [0.15, 0.2) is 41.3 Å². The molecule has 2 aromatic rings. The Morgan fingerprint density at radius 3 is 2.36 bits per heavy atom. The van der Waals surface area contributed by atoms with E-state index in [1.807, 2.05) is 0 Å². The van der Waals surface area contributed by atoms with Crippen LogP contribution in [0.2, 0.25) is 0 Å². The lowest BCUT2D eigenvalue weighted by atomic mass is 10.2. The third kappa shape index (κ3) is 4.58. The molecule has 11 heteroatoms. The number of hydrogen-bond acceptors (Lipinski definition) is 7. The number of anilines is 1. The lowest BCUT2D eigenvalue weighted by Gasteiger charge is -2.09. The third-order valence-corrected chi connectivity index (χ3v) is 3.66. The fourth-order valence-corrected chi connectivity index (χ4v) is 2.30. The Morgan fingerprint density at radius 1 is 1.18 bits per heavy atom. The third-order valence-electron chi connectivity index (χ3n) is 3.66. The molecule has 0 aliphatic carbocycles. The van der Waals surface area contributed by atoms with Gasteiger partial charge in [-0.05, 0) is 24.3 Å². The van der Waals surface area contributed by atoms with E-state index in [0.29, 0.717) is 11.3 Å². The van der Waals surface area contributed by atoms with Gasteiger partial charge in [0.05, 0.1) is 17.6 Å². The lowest BCUT2D eigenvalue weighted by Crippen LogP contribution is -2.29. The molecule has 2 rings (SSSR count). The van der Waals surface area contributed by atoms with Gasteiger partial charge in [0.15, 0.2) is 0 Å². The molecular formula is C17H16N4O7. The van der Waals surface area contributed by atoms with Gasteiger partial charge in [-0.2, -0.15) is 0 Å². The number of carbonyl (C=O) groups is 3. The van der Waals surface area contributed by atoms with E-state index < -0.39 is 34.6 Å². The first kappa shape index (κ1) is 20.3. The van der Waals surface area contributed by atoms with Gasteiger partial charge >= 0.3 is 17.2 Å². The molecule has 2 N–H and O–H groups in total. The second kappa shape index (κ2) is 8.58. The number of ether oxygens (including phenoxy) is 1. The van der Waals surface area contributed by atoms with Gasteiger partial charge in [-0.25, -0.2) is 4.79 Å². The van der Waals surface area contributed by atoms with E-state index >= 15 is 0 Å². The standard InChI is InChI=1S/C17H16N4O7/c1-18-15(23)10-3-5-12(6-4-10)19-14(22)9-20-8-11(17(25)28-2)7-13(16(20)24)21(26)27/h3-8H,9H2,1-2H3,(H,18,23)(H,19,22). The first-order valence-electron chi connectivity index (χ1n) is 7.86. The van der Waals surface area contributed by atoms with Crippen molar-refractivity contribution in [2.75, 3.05) is 19.5 Å². The van der Waals surface area contributed by atoms with Crippen LogP contribution in [0.4, 0.5) is 11.4 Å². The number of aromatic nitrogens is 1. The summed E-state index contributed by atoms with van der Waals surface area (Å²) < 4.78 is 5.24. The first-order chi connectivity index (χ1) is 13.3. The van der Waals surface area contributed by atoms with Gasteiger partial charge in [-0.1, -0.05) is 0 Å². The Hall–Kier alpha value is -4.02. The molecule has 0 saturated heterocycles. The zero-order chi connectivity index (χ0) is 20.8. The maximum absolute atomic E-state index is 12.2. The molecule has 0 fully saturated rings. The second-order valence-electron chi connectivity index (χ2n) is 5.50. The zero-order valence-electron chi connectivity index (χ0n) is 14.9. The number of hydrogen-bond donors (Lipinski definition) is 2. The maximum atomic E-state index is 12.2. The van der Waals surface area contributed by atoms with Gasteiger partial charge < -0.3 is 15.4 Å². The molecular weight excluding hydrogens is 372 g/mol. The number of pyridine rings is 1. The van der Waals surface area contributed by atoms with Crippen LogP contribution >= 0.6 is 0 Å². The van der Waals surface area contributed by atoms with Gasteiger partial charge in [-0.15, -0.1) is 0 Å². The number of rotatable bonds is 6. The van der Waals surface area contributed by atoms with E-state index in [1.54, 1.807) is 0 Å². The second-order valence-corrected chi connectivity index (χ2v) is 5.50. The highest BCUT2D eigenvalue weighted by Crippen LogP contribution is 2.11. The first-order valence-corrected chi connectivity index (χ1v) is 7.86. The number of nitrogens with zero attached hydrogens (tertiary/aromatic N) is 2.